The van der Waals surface area contributed by atoms with E-state index in [-0.39, 0.29) is 38.7 Å². The monoisotopic (exact) mass is 491 g/mol. The molecule has 8 nitrogen and oxygen atoms in total. The molecule has 0 bridgehead atoms. The van der Waals surface area contributed by atoms with Crippen molar-refractivity contribution in [2.45, 2.75) is 25.3 Å². The molecule has 0 saturated carbocycles. The van der Waals surface area contributed by atoms with Crippen molar-refractivity contribution in [3.05, 3.63) is 76.7 Å². The molecule has 2 heterocycles. The zero-order valence-corrected chi connectivity index (χ0v) is 19.4. The van der Waals surface area contributed by atoms with Gasteiger partial charge in [-0.1, -0.05) is 23.4 Å². The second kappa shape index (κ2) is 9.51. The second-order valence-electron chi connectivity index (χ2n) is 7.83. The zero-order valence-electron chi connectivity index (χ0n) is 18.6. The fourth-order valence-electron chi connectivity index (χ4n) is 3.79. The van der Waals surface area contributed by atoms with Gasteiger partial charge in [0.15, 0.2) is 4.90 Å². The van der Waals surface area contributed by atoms with Crippen molar-refractivity contribution in [3.8, 4) is 5.75 Å². The van der Waals surface area contributed by atoms with Crippen LogP contribution in [0.1, 0.15) is 27.4 Å². The van der Waals surface area contributed by atoms with E-state index >= 15 is 0 Å². The van der Waals surface area contributed by atoms with Gasteiger partial charge in [0.2, 0.25) is 10.0 Å². The minimum atomic E-state index is -4.38. The molecule has 0 N–H and O–H groups in total. The van der Waals surface area contributed by atoms with Crippen LogP contribution in [-0.4, -0.2) is 54.9 Å². The fourth-order valence-corrected chi connectivity index (χ4v) is 5.32. The highest BCUT2D eigenvalue weighted by Gasteiger charge is 2.34. The van der Waals surface area contributed by atoms with E-state index in [1.54, 1.807) is 38.1 Å². The lowest BCUT2D eigenvalue weighted by molar-refractivity contribution is 0.0692. The van der Waals surface area contributed by atoms with Crippen molar-refractivity contribution >= 4 is 15.9 Å². The summed E-state index contributed by atoms with van der Waals surface area (Å²) in [7, 11) is -4.38. The molecule has 3 aromatic rings. The van der Waals surface area contributed by atoms with Gasteiger partial charge < -0.3 is 14.2 Å². The maximum Gasteiger partial charge on any atom is 0.257 e. The molecule has 4 rings (SSSR count). The Morgan fingerprint density at radius 3 is 2.29 bits per heavy atom. The Morgan fingerprint density at radius 1 is 1.03 bits per heavy atom. The summed E-state index contributed by atoms with van der Waals surface area (Å²) < 4.78 is 65.7. The summed E-state index contributed by atoms with van der Waals surface area (Å²) in [5.74, 6) is -1.63. The lowest BCUT2D eigenvalue weighted by Gasteiger charge is -2.34. The van der Waals surface area contributed by atoms with Gasteiger partial charge in [0.1, 0.15) is 29.8 Å². The molecule has 0 atom stereocenters. The molecule has 1 aliphatic heterocycles. The number of hydrogen-bond donors (Lipinski definition) is 0. The Kier molecular flexibility index (Phi) is 6.67. The van der Waals surface area contributed by atoms with E-state index in [2.05, 4.69) is 5.16 Å². The molecule has 180 valence electrons. The quantitative estimate of drug-likeness (QED) is 0.525. The number of aryl methyl sites for hydroxylation is 2. The van der Waals surface area contributed by atoms with Crippen LogP contribution in [0.3, 0.4) is 0 Å². The van der Waals surface area contributed by atoms with E-state index in [4.69, 9.17) is 9.26 Å². The van der Waals surface area contributed by atoms with Crippen LogP contribution in [0.4, 0.5) is 8.78 Å². The molecule has 0 unspecified atom stereocenters. The maximum absolute atomic E-state index is 14.1. The lowest BCUT2D eigenvalue weighted by Crippen LogP contribution is -2.50. The predicted molar refractivity (Wildman–Crippen MR) is 118 cm³/mol. The SMILES string of the molecule is Cc1noc(C)c1COc1ccccc1C(=O)N1CCN(S(=O)(=O)c2c(F)cccc2F)CC1. The first kappa shape index (κ1) is 23.8. The number of amides is 1. The largest absolute Gasteiger partial charge is 0.488 e. The first-order valence-electron chi connectivity index (χ1n) is 10.6. The summed E-state index contributed by atoms with van der Waals surface area (Å²) >= 11 is 0. The third kappa shape index (κ3) is 4.53. The van der Waals surface area contributed by atoms with Crippen LogP contribution in [0.25, 0.3) is 0 Å². The van der Waals surface area contributed by atoms with Crippen LogP contribution in [0.2, 0.25) is 0 Å². The molecule has 11 heteroatoms. The molecular weight excluding hydrogens is 468 g/mol. The van der Waals surface area contributed by atoms with Gasteiger partial charge in [0, 0.05) is 26.2 Å². The second-order valence-corrected chi connectivity index (χ2v) is 9.71. The average Bonchev–Trinajstić information content (AvgIpc) is 3.14. The number of benzene rings is 2. The van der Waals surface area contributed by atoms with Gasteiger partial charge in [-0.25, -0.2) is 17.2 Å². The van der Waals surface area contributed by atoms with Gasteiger partial charge in [-0.15, -0.1) is 0 Å². The normalized spacial score (nSPS) is 14.9. The first-order valence-corrected chi connectivity index (χ1v) is 12.0. The fraction of sp³-hybridized carbons (Fsp3) is 0.304. The molecule has 1 amide bonds. The number of ether oxygens (including phenoxy) is 1. The number of hydrogen-bond acceptors (Lipinski definition) is 6. The van der Waals surface area contributed by atoms with Crippen molar-refractivity contribution in [1.29, 1.82) is 0 Å². The predicted octanol–water partition coefficient (Wildman–Crippen LogP) is 3.30. The lowest BCUT2D eigenvalue weighted by atomic mass is 10.1. The van der Waals surface area contributed by atoms with Gasteiger partial charge >= 0.3 is 0 Å². The molecule has 1 aromatic heterocycles. The maximum atomic E-state index is 14.1. The summed E-state index contributed by atoms with van der Waals surface area (Å²) in [6.07, 6.45) is 0. The minimum Gasteiger partial charge on any atom is -0.488 e. The molecule has 0 spiro atoms. The number of piperazine rings is 1. The summed E-state index contributed by atoms with van der Waals surface area (Å²) in [6.45, 7) is 3.68. The Labute approximate surface area is 195 Å². The Bertz CT molecular complexity index is 1280. The van der Waals surface area contributed by atoms with Gasteiger partial charge in [0.25, 0.3) is 5.91 Å². The highest BCUT2D eigenvalue weighted by Crippen LogP contribution is 2.26. The molecule has 1 aliphatic rings. The Hall–Kier alpha value is -3.31. The van der Waals surface area contributed by atoms with Gasteiger partial charge in [-0.05, 0) is 38.1 Å². The highest BCUT2D eigenvalue weighted by molar-refractivity contribution is 7.89. The topological polar surface area (TPSA) is 93.0 Å². The summed E-state index contributed by atoms with van der Waals surface area (Å²) in [4.78, 5) is 13.7. The third-order valence-corrected chi connectivity index (χ3v) is 7.66. The number of rotatable bonds is 6. The van der Waals surface area contributed by atoms with Crippen molar-refractivity contribution in [3.63, 3.8) is 0 Å². The van der Waals surface area contributed by atoms with Crippen LogP contribution in [-0.2, 0) is 16.6 Å². The molecule has 34 heavy (non-hydrogen) atoms. The molecule has 2 aromatic carbocycles. The minimum absolute atomic E-state index is 0.0618. The average molecular weight is 492 g/mol. The van der Waals surface area contributed by atoms with Gasteiger partial charge in [-0.2, -0.15) is 4.31 Å². The number of nitrogens with zero attached hydrogens (tertiary/aromatic N) is 3. The number of carbonyl (C=O) groups is 1. The van der Waals surface area contributed by atoms with Crippen molar-refractivity contribution < 1.29 is 31.3 Å². The van der Waals surface area contributed by atoms with Crippen LogP contribution >= 0.6 is 0 Å². The number of halogens is 2. The Morgan fingerprint density at radius 2 is 1.68 bits per heavy atom. The van der Waals surface area contributed by atoms with Gasteiger partial charge in [0.05, 0.1) is 16.8 Å². The molecule has 1 saturated heterocycles. The summed E-state index contributed by atoms with van der Waals surface area (Å²) in [5, 5.41) is 3.89. The number of carbonyl (C=O) groups excluding carboxylic acids is 1. The summed E-state index contributed by atoms with van der Waals surface area (Å²) in [6, 6.07) is 9.65. The van der Waals surface area contributed by atoms with E-state index in [9.17, 15) is 22.0 Å². The van der Waals surface area contributed by atoms with E-state index in [1.165, 1.54) is 4.90 Å². The highest BCUT2D eigenvalue weighted by atomic mass is 32.2. The number of aromatic nitrogens is 1. The zero-order chi connectivity index (χ0) is 24.5. The first-order chi connectivity index (χ1) is 16.2. The van der Waals surface area contributed by atoms with Crippen LogP contribution < -0.4 is 4.74 Å². The van der Waals surface area contributed by atoms with Crippen LogP contribution in [0.5, 0.6) is 5.75 Å². The Balaban J connectivity index is 1.46. The standard InChI is InChI=1S/C23H23F2N3O5S/c1-15-18(16(2)33-26-15)14-32-21-9-4-3-6-17(21)23(29)27-10-12-28(13-11-27)34(30,31)22-19(24)7-5-8-20(22)25/h3-9H,10-14H2,1-2H3. The molecule has 0 radical (unpaired) electrons. The molecule has 1 fully saturated rings. The van der Waals surface area contributed by atoms with Crippen molar-refractivity contribution in [2.75, 3.05) is 26.2 Å². The third-order valence-electron chi connectivity index (χ3n) is 5.71. The van der Waals surface area contributed by atoms with E-state index in [0.717, 1.165) is 28.1 Å². The van der Waals surface area contributed by atoms with Crippen LogP contribution in [0, 0.1) is 25.5 Å². The number of para-hydroxylation sites is 1. The van der Waals surface area contributed by atoms with Gasteiger partial charge in [-0.3, -0.25) is 4.79 Å². The van der Waals surface area contributed by atoms with E-state index in [0.29, 0.717) is 22.8 Å². The van der Waals surface area contributed by atoms with Crippen molar-refractivity contribution in [1.82, 2.24) is 14.4 Å². The van der Waals surface area contributed by atoms with Crippen LogP contribution in [0.15, 0.2) is 51.9 Å². The molecule has 0 aliphatic carbocycles. The molecular formula is C23H23F2N3O5S. The van der Waals surface area contributed by atoms with E-state index in [1.807, 2.05) is 0 Å². The smallest absolute Gasteiger partial charge is 0.257 e. The van der Waals surface area contributed by atoms with Crippen molar-refractivity contribution in [2.24, 2.45) is 0 Å². The summed E-state index contributed by atoms with van der Waals surface area (Å²) in [5.41, 5.74) is 1.82. The van der Waals surface area contributed by atoms with E-state index < -0.39 is 26.6 Å². The number of sulfonamides is 1.